The highest BCUT2D eigenvalue weighted by molar-refractivity contribution is 6.31. The van der Waals surface area contributed by atoms with Crippen LogP contribution in [0.1, 0.15) is 19.4 Å². The topological polar surface area (TPSA) is 23.5 Å². The van der Waals surface area contributed by atoms with Crippen molar-refractivity contribution in [3.05, 3.63) is 34.6 Å². The van der Waals surface area contributed by atoms with Crippen LogP contribution in [-0.4, -0.2) is 29.2 Å². The van der Waals surface area contributed by atoms with E-state index in [0.717, 1.165) is 5.56 Å². The third-order valence-electron chi connectivity index (χ3n) is 2.13. The molecule has 0 fully saturated rings. The van der Waals surface area contributed by atoms with Gasteiger partial charge in [-0.25, -0.2) is 4.39 Å². The number of benzene rings is 1. The number of halogens is 2. The molecule has 0 aliphatic carbocycles. The van der Waals surface area contributed by atoms with E-state index in [-0.39, 0.29) is 5.02 Å². The Morgan fingerprint density at radius 1 is 1.44 bits per heavy atom. The Morgan fingerprint density at radius 2 is 2.06 bits per heavy atom. The number of aliphatic hydroxyl groups is 1. The van der Waals surface area contributed by atoms with Crippen LogP contribution in [0.2, 0.25) is 5.02 Å². The molecule has 0 atom stereocenters. The number of nitrogens with zero attached hydrogens (tertiary/aromatic N) is 1. The summed E-state index contributed by atoms with van der Waals surface area (Å²) in [6.07, 6.45) is 0. The first-order valence-electron chi connectivity index (χ1n) is 5.13. The molecule has 0 saturated heterocycles. The molecule has 1 aromatic rings. The lowest BCUT2D eigenvalue weighted by Crippen LogP contribution is -2.35. The molecule has 0 unspecified atom stereocenters. The van der Waals surface area contributed by atoms with Crippen LogP contribution < -0.4 is 0 Å². The van der Waals surface area contributed by atoms with Gasteiger partial charge in [-0.05, 0) is 32.5 Å². The van der Waals surface area contributed by atoms with E-state index >= 15 is 0 Å². The minimum Gasteiger partial charge on any atom is -0.389 e. The van der Waals surface area contributed by atoms with Crippen LogP contribution in [0, 0.1) is 5.82 Å². The lowest BCUT2D eigenvalue weighted by atomic mass is 10.1. The Kier molecular flexibility index (Phi) is 4.30. The van der Waals surface area contributed by atoms with Crippen molar-refractivity contribution in [2.45, 2.75) is 26.0 Å². The van der Waals surface area contributed by atoms with Crippen molar-refractivity contribution in [3.8, 4) is 0 Å². The molecule has 1 aromatic carbocycles. The molecular formula is C12H17ClFNO. The van der Waals surface area contributed by atoms with Gasteiger partial charge in [-0.15, -0.1) is 0 Å². The van der Waals surface area contributed by atoms with Crippen molar-refractivity contribution in [2.75, 3.05) is 13.6 Å². The fourth-order valence-electron chi connectivity index (χ4n) is 1.68. The monoisotopic (exact) mass is 245 g/mol. The summed E-state index contributed by atoms with van der Waals surface area (Å²) in [6.45, 7) is 4.48. The molecule has 2 nitrogen and oxygen atoms in total. The molecule has 0 bridgehead atoms. The number of rotatable bonds is 4. The van der Waals surface area contributed by atoms with Gasteiger partial charge in [-0.2, -0.15) is 0 Å². The van der Waals surface area contributed by atoms with E-state index in [1.165, 1.54) is 6.07 Å². The Hall–Kier alpha value is -0.640. The Labute approximate surface area is 101 Å². The number of hydrogen-bond donors (Lipinski definition) is 1. The average molecular weight is 246 g/mol. The van der Waals surface area contributed by atoms with Crippen molar-refractivity contribution < 1.29 is 9.50 Å². The van der Waals surface area contributed by atoms with Crippen molar-refractivity contribution in [1.29, 1.82) is 0 Å². The van der Waals surface area contributed by atoms with Gasteiger partial charge in [0.25, 0.3) is 0 Å². The Bertz CT molecular complexity index is 363. The summed E-state index contributed by atoms with van der Waals surface area (Å²) in [5.74, 6) is -0.407. The predicted molar refractivity (Wildman–Crippen MR) is 64.0 cm³/mol. The molecule has 0 aliphatic heterocycles. The third-order valence-corrected chi connectivity index (χ3v) is 2.55. The van der Waals surface area contributed by atoms with Crippen LogP contribution in [0.25, 0.3) is 0 Å². The Morgan fingerprint density at radius 3 is 2.62 bits per heavy atom. The van der Waals surface area contributed by atoms with E-state index in [9.17, 15) is 9.50 Å². The van der Waals surface area contributed by atoms with Gasteiger partial charge in [0.05, 0.1) is 10.6 Å². The lowest BCUT2D eigenvalue weighted by Gasteiger charge is -2.25. The summed E-state index contributed by atoms with van der Waals surface area (Å²) in [4.78, 5) is 1.90. The van der Waals surface area contributed by atoms with Gasteiger partial charge in [-0.1, -0.05) is 23.7 Å². The van der Waals surface area contributed by atoms with Crippen LogP contribution in [0.15, 0.2) is 18.2 Å². The minimum absolute atomic E-state index is 0.157. The molecule has 1 N–H and O–H groups in total. The summed E-state index contributed by atoms with van der Waals surface area (Å²) in [7, 11) is 1.86. The zero-order valence-electron chi connectivity index (χ0n) is 9.80. The second-order valence-corrected chi connectivity index (χ2v) is 5.08. The molecule has 90 valence electrons. The van der Waals surface area contributed by atoms with Gasteiger partial charge in [0, 0.05) is 13.1 Å². The van der Waals surface area contributed by atoms with Gasteiger partial charge in [0.2, 0.25) is 0 Å². The van der Waals surface area contributed by atoms with Crippen LogP contribution in [0.3, 0.4) is 0 Å². The van der Waals surface area contributed by atoms with Crippen molar-refractivity contribution >= 4 is 11.6 Å². The first kappa shape index (κ1) is 13.4. The molecule has 0 saturated carbocycles. The molecule has 0 aromatic heterocycles. The van der Waals surface area contributed by atoms with Crippen LogP contribution in [0.5, 0.6) is 0 Å². The highest BCUT2D eigenvalue weighted by atomic mass is 35.5. The van der Waals surface area contributed by atoms with Crippen molar-refractivity contribution in [3.63, 3.8) is 0 Å². The second-order valence-electron chi connectivity index (χ2n) is 4.70. The number of hydrogen-bond acceptors (Lipinski definition) is 2. The quantitative estimate of drug-likeness (QED) is 0.882. The molecule has 0 aliphatic rings. The smallest absolute Gasteiger partial charge is 0.142 e. The van der Waals surface area contributed by atoms with Crippen molar-refractivity contribution in [2.24, 2.45) is 0 Å². The summed E-state index contributed by atoms with van der Waals surface area (Å²) < 4.78 is 13.2. The molecule has 4 heteroatoms. The van der Waals surface area contributed by atoms with Gasteiger partial charge in [0.15, 0.2) is 0 Å². The van der Waals surface area contributed by atoms with Gasteiger partial charge in [0.1, 0.15) is 5.82 Å². The van der Waals surface area contributed by atoms with E-state index in [2.05, 4.69) is 0 Å². The fourth-order valence-corrected chi connectivity index (χ4v) is 1.86. The van der Waals surface area contributed by atoms with E-state index in [0.29, 0.717) is 13.1 Å². The second kappa shape index (κ2) is 5.13. The van der Waals surface area contributed by atoms with Gasteiger partial charge >= 0.3 is 0 Å². The van der Waals surface area contributed by atoms with E-state index in [1.54, 1.807) is 26.0 Å². The molecule has 0 radical (unpaired) electrons. The molecule has 0 spiro atoms. The Balaban J connectivity index is 2.70. The predicted octanol–water partition coefficient (Wildman–Crippen LogP) is 2.68. The van der Waals surface area contributed by atoms with Crippen LogP contribution in [0.4, 0.5) is 4.39 Å². The summed E-state index contributed by atoms with van der Waals surface area (Å²) in [5, 5.41) is 9.80. The standard InChI is InChI=1S/C12H17ClFNO/c1-12(2,16)8-15(3)7-9-5-4-6-10(14)11(9)13/h4-6,16H,7-8H2,1-3H3. The fraction of sp³-hybridized carbons (Fsp3) is 0.500. The highest BCUT2D eigenvalue weighted by Crippen LogP contribution is 2.21. The van der Waals surface area contributed by atoms with Gasteiger partial charge < -0.3 is 5.11 Å². The maximum absolute atomic E-state index is 13.2. The average Bonchev–Trinajstić information content (AvgIpc) is 2.09. The molecule has 1 rings (SSSR count). The molecular weight excluding hydrogens is 229 g/mol. The third kappa shape index (κ3) is 4.08. The zero-order valence-corrected chi connectivity index (χ0v) is 10.6. The molecule has 16 heavy (non-hydrogen) atoms. The molecule has 0 amide bonds. The van der Waals surface area contributed by atoms with Gasteiger partial charge in [-0.3, -0.25) is 4.90 Å². The van der Waals surface area contributed by atoms with Crippen molar-refractivity contribution in [1.82, 2.24) is 4.90 Å². The SMILES string of the molecule is CN(Cc1cccc(F)c1Cl)CC(C)(C)O. The summed E-state index contributed by atoms with van der Waals surface area (Å²) in [5.41, 5.74) is -0.0393. The lowest BCUT2D eigenvalue weighted by molar-refractivity contribution is 0.0425. The van der Waals surface area contributed by atoms with E-state index in [1.807, 2.05) is 11.9 Å². The summed E-state index contributed by atoms with van der Waals surface area (Å²) in [6, 6.07) is 4.75. The van der Waals surface area contributed by atoms with E-state index < -0.39 is 11.4 Å². The first-order valence-corrected chi connectivity index (χ1v) is 5.51. The maximum atomic E-state index is 13.2. The number of likely N-dealkylation sites (N-methyl/N-ethyl adjacent to an activating group) is 1. The highest BCUT2D eigenvalue weighted by Gasteiger charge is 2.16. The summed E-state index contributed by atoms with van der Waals surface area (Å²) >= 11 is 5.84. The molecule has 0 heterocycles. The maximum Gasteiger partial charge on any atom is 0.142 e. The first-order chi connectivity index (χ1) is 7.29. The zero-order chi connectivity index (χ0) is 12.3. The normalized spacial score (nSPS) is 12.2. The van der Waals surface area contributed by atoms with Crippen LogP contribution >= 0.6 is 11.6 Å². The van der Waals surface area contributed by atoms with Crippen LogP contribution in [-0.2, 0) is 6.54 Å². The minimum atomic E-state index is -0.769. The van der Waals surface area contributed by atoms with E-state index in [4.69, 9.17) is 11.6 Å². The largest absolute Gasteiger partial charge is 0.389 e.